The minimum atomic E-state index is -3.54. The summed E-state index contributed by atoms with van der Waals surface area (Å²) in [6, 6.07) is 14.4. The molecule has 0 radical (unpaired) electrons. The lowest BCUT2D eigenvalue weighted by atomic mass is 9.94. The molecule has 6 heteroatoms. The fourth-order valence-electron chi connectivity index (χ4n) is 3.09. The molecule has 0 unspecified atom stereocenters. The number of sulfonamides is 1. The monoisotopic (exact) mass is 361 g/mol. The van der Waals surface area contributed by atoms with Gasteiger partial charge in [-0.25, -0.2) is 13.1 Å². The first-order chi connectivity index (χ1) is 12.0. The molecule has 25 heavy (non-hydrogen) atoms. The Bertz CT molecular complexity index is 792. The van der Waals surface area contributed by atoms with E-state index in [0.717, 1.165) is 16.9 Å². The highest BCUT2D eigenvalue weighted by Crippen LogP contribution is 2.25. The summed E-state index contributed by atoms with van der Waals surface area (Å²) in [5.41, 5.74) is 1.95. The summed E-state index contributed by atoms with van der Waals surface area (Å²) in [6.45, 7) is 0. The van der Waals surface area contributed by atoms with Crippen molar-refractivity contribution in [1.29, 1.82) is 0 Å². The summed E-state index contributed by atoms with van der Waals surface area (Å²) >= 11 is 0. The fraction of sp³-hybridized carbons (Fsp3) is 0.368. The van der Waals surface area contributed by atoms with Crippen molar-refractivity contribution in [1.82, 2.24) is 4.72 Å². The van der Waals surface area contributed by atoms with E-state index >= 15 is 0 Å². The van der Waals surface area contributed by atoms with Crippen LogP contribution in [0.5, 0.6) is 5.75 Å². The molecule has 2 N–H and O–H groups in total. The fourth-order valence-corrected chi connectivity index (χ4v) is 4.40. The highest BCUT2D eigenvalue weighted by atomic mass is 32.2. The number of methoxy groups -OCH3 is 1. The molecule has 0 bridgehead atoms. The quantitative estimate of drug-likeness (QED) is 0.858. The van der Waals surface area contributed by atoms with Crippen LogP contribution in [0.1, 0.15) is 25.7 Å². The first kappa shape index (κ1) is 17.9. The van der Waals surface area contributed by atoms with Crippen molar-refractivity contribution in [3.05, 3.63) is 48.5 Å². The Morgan fingerprint density at radius 2 is 1.44 bits per heavy atom. The summed E-state index contributed by atoms with van der Waals surface area (Å²) in [7, 11) is -1.92. The van der Waals surface area contributed by atoms with Crippen molar-refractivity contribution < 1.29 is 18.3 Å². The summed E-state index contributed by atoms with van der Waals surface area (Å²) in [5.74, 6) is 0.782. The first-order valence-electron chi connectivity index (χ1n) is 8.43. The van der Waals surface area contributed by atoms with Crippen LogP contribution in [0.25, 0.3) is 11.1 Å². The van der Waals surface area contributed by atoms with Gasteiger partial charge in [0.05, 0.1) is 18.1 Å². The van der Waals surface area contributed by atoms with E-state index in [9.17, 15) is 13.5 Å². The number of nitrogens with one attached hydrogen (secondary N) is 1. The number of aliphatic hydroxyl groups excluding tert-OH is 1. The van der Waals surface area contributed by atoms with E-state index in [-0.39, 0.29) is 17.0 Å². The minimum absolute atomic E-state index is 0.102. The molecule has 0 spiro atoms. The predicted octanol–water partition coefficient (Wildman–Crippen LogP) is 2.94. The van der Waals surface area contributed by atoms with Gasteiger partial charge in [-0.2, -0.15) is 0 Å². The summed E-state index contributed by atoms with van der Waals surface area (Å²) in [6.07, 6.45) is 2.33. The van der Waals surface area contributed by atoms with Crippen LogP contribution in [0, 0.1) is 0 Å². The molecule has 0 amide bonds. The maximum Gasteiger partial charge on any atom is 0.240 e. The van der Waals surface area contributed by atoms with Crippen LogP contribution >= 0.6 is 0 Å². The van der Waals surface area contributed by atoms with Gasteiger partial charge in [0.15, 0.2) is 0 Å². The molecule has 0 saturated heterocycles. The zero-order valence-corrected chi connectivity index (χ0v) is 15.0. The molecule has 3 rings (SSSR count). The standard InChI is InChI=1S/C19H23NO4S/c1-24-18-10-2-14(3-11-18)15-4-12-19(13-5-15)25(22,23)20-16-6-8-17(21)9-7-16/h2-5,10-13,16-17,20-21H,6-9H2,1H3. The molecular formula is C19H23NO4S. The zero-order chi connectivity index (χ0) is 17.9. The normalized spacial score (nSPS) is 21.0. The topological polar surface area (TPSA) is 75.6 Å². The van der Waals surface area contributed by atoms with Gasteiger partial charge in [0.2, 0.25) is 10.0 Å². The van der Waals surface area contributed by atoms with Gasteiger partial charge in [-0.05, 0) is 61.1 Å². The van der Waals surface area contributed by atoms with Crippen LogP contribution < -0.4 is 9.46 Å². The number of aliphatic hydroxyl groups is 1. The Labute approximate surface area is 148 Å². The van der Waals surface area contributed by atoms with Crippen molar-refractivity contribution in [3.63, 3.8) is 0 Å². The van der Waals surface area contributed by atoms with Crippen LogP contribution in [0.15, 0.2) is 53.4 Å². The molecule has 0 heterocycles. The van der Waals surface area contributed by atoms with E-state index in [0.29, 0.717) is 25.7 Å². The summed E-state index contributed by atoms with van der Waals surface area (Å²) < 4.78 is 32.9. The summed E-state index contributed by atoms with van der Waals surface area (Å²) in [5, 5.41) is 9.53. The van der Waals surface area contributed by atoms with Gasteiger partial charge in [0.1, 0.15) is 5.75 Å². The van der Waals surface area contributed by atoms with Crippen molar-refractivity contribution in [2.24, 2.45) is 0 Å². The third-order valence-corrected chi connectivity index (χ3v) is 6.14. The average molecular weight is 361 g/mol. The second-order valence-electron chi connectivity index (χ2n) is 6.38. The number of hydrogen-bond donors (Lipinski definition) is 2. The molecule has 5 nitrogen and oxygen atoms in total. The van der Waals surface area contributed by atoms with E-state index in [1.165, 1.54) is 0 Å². The Kier molecular flexibility index (Phi) is 5.42. The molecule has 1 aliphatic carbocycles. The Hall–Kier alpha value is -1.89. The smallest absolute Gasteiger partial charge is 0.240 e. The maximum atomic E-state index is 12.5. The molecule has 1 saturated carbocycles. The van der Waals surface area contributed by atoms with E-state index < -0.39 is 10.0 Å². The number of hydrogen-bond acceptors (Lipinski definition) is 4. The SMILES string of the molecule is COc1ccc(-c2ccc(S(=O)(=O)NC3CCC(O)CC3)cc2)cc1. The van der Waals surface area contributed by atoms with Gasteiger partial charge >= 0.3 is 0 Å². The highest BCUT2D eigenvalue weighted by molar-refractivity contribution is 7.89. The molecule has 0 atom stereocenters. The molecule has 1 aliphatic rings. The second kappa shape index (κ2) is 7.56. The van der Waals surface area contributed by atoms with Crippen LogP contribution in [-0.2, 0) is 10.0 Å². The van der Waals surface area contributed by atoms with Gasteiger partial charge in [-0.1, -0.05) is 24.3 Å². The Morgan fingerprint density at radius 3 is 1.96 bits per heavy atom. The molecule has 0 aromatic heterocycles. The van der Waals surface area contributed by atoms with Crippen LogP contribution in [0.2, 0.25) is 0 Å². The van der Waals surface area contributed by atoms with Crippen molar-refractivity contribution in [3.8, 4) is 16.9 Å². The lowest BCUT2D eigenvalue weighted by Crippen LogP contribution is -2.38. The maximum absolute atomic E-state index is 12.5. The molecule has 0 aliphatic heterocycles. The third kappa shape index (κ3) is 4.39. The first-order valence-corrected chi connectivity index (χ1v) is 9.91. The van der Waals surface area contributed by atoms with Gasteiger partial charge in [0.25, 0.3) is 0 Å². The van der Waals surface area contributed by atoms with Gasteiger partial charge in [0, 0.05) is 6.04 Å². The second-order valence-corrected chi connectivity index (χ2v) is 8.09. The number of ether oxygens (including phenoxy) is 1. The zero-order valence-electron chi connectivity index (χ0n) is 14.2. The van der Waals surface area contributed by atoms with Gasteiger partial charge < -0.3 is 9.84 Å². The molecule has 1 fully saturated rings. The highest BCUT2D eigenvalue weighted by Gasteiger charge is 2.24. The number of benzene rings is 2. The van der Waals surface area contributed by atoms with Crippen molar-refractivity contribution >= 4 is 10.0 Å². The van der Waals surface area contributed by atoms with E-state index in [1.807, 2.05) is 24.3 Å². The third-order valence-electron chi connectivity index (χ3n) is 4.61. The predicted molar refractivity (Wildman–Crippen MR) is 97.0 cm³/mol. The van der Waals surface area contributed by atoms with E-state index in [4.69, 9.17) is 4.74 Å². The van der Waals surface area contributed by atoms with Crippen LogP contribution in [0.3, 0.4) is 0 Å². The van der Waals surface area contributed by atoms with E-state index in [2.05, 4.69) is 4.72 Å². The largest absolute Gasteiger partial charge is 0.497 e. The van der Waals surface area contributed by atoms with Crippen molar-refractivity contribution in [2.75, 3.05) is 7.11 Å². The van der Waals surface area contributed by atoms with Crippen LogP contribution in [-0.4, -0.2) is 32.8 Å². The van der Waals surface area contributed by atoms with Crippen molar-refractivity contribution in [2.45, 2.75) is 42.7 Å². The Morgan fingerprint density at radius 1 is 0.920 bits per heavy atom. The molecular weight excluding hydrogens is 338 g/mol. The number of rotatable bonds is 5. The lowest BCUT2D eigenvalue weighted by Gasteiger charge is -2.26. The van der Waals surface area contributed by atoms with Gasteiger partial charge in [-0.3, -0.25) is 0 Å². The molecule has 2 aromatic rings. The molecule has 2 aromatic carbocycles. The summed E-state index contributed by atoms with van der Waals surface area (Å²) in [4.78, 5) is 0.260. The molecule has 134 valence electrons. The average Bonchev–Trinajstić information content (AvgIpc) is 2.64. The minimum Gasteiger partial charge on any atom is -0.497 e. The van der Waals surface area contributed by atoms with Gasteiger partial charge in [-0.15, -0.1) is 0 Å². The van der Waals surface area contributed by atoms with Crippen LogP contribution in [0.4, 0.5) is 0 Å². The lowest BCUT2D eigenvalue weighted by molar-refractivity contribution is 0.120. The Balaban J connectivity index is 1.72. The van der Waals surface area contributed by atoms with E-state index in [1.54, 1.807) is 31.4 Å².